The molecule has 0 aliphatic carbocycles. The third kappa shape index (κ3) is 2.57. The van der Waals surface area contributed by atoms with Gasteiger partial charge in [-0.2, -0.15) is 0 Å². The average Bonchev–Trinajstić information content (AvgIpc) is 3.08. The maximum atomic E-state index is 12.3. The summed E-state index contributed by atoms with van der Waals surface area (Å²) in [5, 5.41) is 8.50. The smallest absolute Gasteiger partial charge is 0.276 e. The Morgan fingerprint density at radius 1 is 1.45 bits per heavy atom. The molecule has 3 rings (SSSR count). The van der Waals surface area contributed by atoms with Crippen LogP contribution in [0, 0.1) is 0 Å². The van der Waals surface area contributed by atoms with Crippen LogP contribution in [-0.2, 0) is 4.79 Å². The Bertz CT molecular complexity index is 621. The van der Waals surface area contributed by atoms with Gasteiger partial charge in [-0.25, -0.2) is 0 Å². The Morgan fingerprint density at radius 3 is 3.15 bits per heavy atom. The molecule has 0 unspecified atom stereocenters. The predicted octanol–water partition coefficient (Wildman–Crippen LogP) is 1.37. The van der Waals surface area contributed by atoms with Crippen molar-refractivity contribution in [1.82, 2.24) is 15.4 Å². The summed E-state index contributed by atoms with van der Waals surface area (Å²) in [5.41, 5.74) is 0.280. The summed E-state index contributed by atoms with van der Waals surface area (Å²) in [7, 11) is 0. The number of carbonyl (C=O) groups excluding carboxylic acids is 2. The quantitative estimate of drug-likeness (QED) is 0.906. The number of nitrogens with one attached hydrogen (secondary N) is 1. The lowest BCUT2D eigenvalue weighted by molar-refractivity contribution is -0.120. The zero-order valence-electron chi connectivity index (χ0n) is 10.7. The van der Waals surface area contributed by atoms with Crippen molar-refractivity contribution in [2.45, 2.75) is 6.42 Å². The Kier molecular flexibility index (Phi) is 3.51. The van der Waals surface area contributed by atoms with Gasteiger partial charge >= 0.3 is 0 Å². The minimum absolute atomic E-state index is 0.0280. The van der Waals surface area contributed by atoms with Crippen LogP contribution in [0.5, 0.6) is 0 Å². The van der Waals surface area contributed by atoms with E-state index in [4.69, 9.17) is 4.52 Å². The van der Waals surface area contributed by atoms with E-state index in [1.165, 1.54) is 11.3 Å². The van der Waals surface area contributed by atoms with Gasteiger partial charge in [0, 0.05) is 32.1 Å². The number of thiophene rings is 1. The van der Waals surface area contributed by atoms with E-state index in [1.807, 2.05) is 17.5 Å². The van der Waals surface area contributed by atoms with Crippen LogP contribution >= 0.6 is 11.3 Å². The number of nitrogens with zero attached hydrogens (tertiary/aromatic N) is 2. The molecule has 2 amide bonds. The first kappa shape index (κ1) is 12.9. The molecule has 0 saturated carbocycles. The first-order valence-corrected chi connectivity index (χ1v) is 7.18. The van der Waals surface area contributed by atoms with Crippen LogP contribution in [-0.4, -0.2) is 41.5 Å². The largest absolute Gasteiger partial charge is 0.355 e. The van der Waals surface area contributed by atoms with E-state index in [2.05, 4.69) is 10.5 Å². The van der Waals surface area contributed by atoms with E-state index >= 15 is 0 Å². The molecule has 1 fully saturated rings. The molecule has 0 bridgehead atoms. The van der Waals surface area contributed by atoms with Gasteiger partial charge in [-0.05, 0) is 11.4 Å². The van der Waals surface area contributed by atoms with Gasteiger partial charge in [0.15, 0.2) is 11.5 Å². The number of rotatable bonds is 2. The first-order valence-electron chi connectivity index (χ1n) is 6.30. The molecule has 1 saturated heterocycles. The fourth-order valence-electron chi connectivity index (χ4n) is 2.04. The summed E-state index contributed by atoms with van der Waals surface area (Å²) >= 11 is 1.53. The first-order chi connectivity index (χ1) is 9.74. The molecular weight excluding hydrogens is 278 g/mol. The van der Waals surface area contributed by atoms with E-state index in [0.29, 0.717) is 31.8 Å². The van der Waals surface area contributed by atoms with Gasteiger partial charge < -0.3 is 14.7 Å². The Labute approximate surface area is 119 Å². The molecule has 104 valence electrons. The third-order valence-corrected chi connectivity index (χ3v) is 3.98. The highest BCUT2D eigenvalue weighted by Crippen LogP contribution is 2.25. The maximum absolute atomic E-state index is 12.3. The molecule has 1 N–H and O–H groups in total. The lowest BCUT2D eigenvalue weighted by Crippen LogP contribution is -2.34. The summed E-state index contributed by atoms with van der Waals surface area (Å²) in [6.07, 6.45) is 0.321. The molecular formula is C13H13N3O3S. The summed E-state index contributed by atoms with van der Waals surface area (Å²) in [4.78, 5) is 26.1. The fraction of sp³-hybridized carbons (Fsp3) is 0.308. The molecule has 20 heavy (non-hydrogen) atoms. The average molecular weight is 291 g/mol. The van der Waals surface area contributed by atoms with E-state index in [0.717, 1.165) is 4.88 Å². The van der Waals surface area contributed by atoms with E-state index in [9.17, 15) is 9.59 Å². The topological polar surface area (TPSA) is 75.4 Å². The SMILES string of the molecule is O=C1CCN(C(=O)c2cc(-c3cccs3)on2)CCN1. The zero-order chi connectivity index (χ0) is 13.9. The van der Waals surface area contributed by atoms with Crippen molar-refractivity contribution in [3.63, 3.8) is 0 Å². The number of amides is 2. The van der Waals surface area contributed by atoms with Crippen molar-refractivity contribution in [3.8, 4) is 10.6 Å². The second kappa shape index (κ2) is 5.46. The molecule has 0 aromatic carbocycles. The summed E-state index contributed by atoms with van der Waals surface area (Å²) in [6.45, 7) is 1.37. The number of hydrogen-bond acceptors (Lipinski definition) is 5. The second-order valence-electron chi connectivity index (χ2n) is 4.45. The van der Waals surface area contributed by atoms with Crippen molar-refractivity contribution in [1.29, 1.82) is 0 Å². The Morgan fingerprint density at radius 2 is 2.35 bits per heavy atom. The van der Waals surface area contributed by atoms with Gasteiger partial charge in [-0.1, -0.05) is 11.2 Å². The highest BCUT2D eigenvalue weighted by molar-refractivity contribution is 7.13. The van der Waals surface area contributed by atoms with Crippen molar-refractivity contribution < 1.29 is 14.1 Å². The van der Waals surface area contributed by atoms with Crippen LogP contribution in [0.2, 0.25) is 0 Å². The van der Waals surface area contributed by atoms with Crippen molar-refractivity contribution in [2.75, 3.05) is 19.6 Å². The van der Waals surface area contributed by atoms with Crippen molar-refractivity contribution >= 4 is 23.2 Å². The van der Waals surface area contributed by atoms with E-state index in [1.54, 1.807) is 11.0 Å². The third-order valence-electron chi connectivity index (χ3n) is 3.09. The zero-order valence-corrected chi connectivity index (χ0v) is 11.5. The second-order valence-corrected chi connectivity index (χ2v) is 5.39. The molecule has 1 aliphatic heterocycles. The molecule has 0 radical (unpaired) electrons. The monoisotopic (exact) mass is 291 g/mol. The van der Waals surface area contributed by atoms with Crippen LogP contribution in [0.25, 0.3) is 10.6 Å². The maximum Gasteiger partial charge on any atom is 0.276 e. The molecule has 3 heterocycles. The summed E-state index contributed by atoms with van der Waals surface area (Å²) in [6, 6.07) is 5.47. The van der Waals surface area contributed by atoms with Crippen LogP contribution in [0.3, 0.4) is 0 Å². The van der Waals surface area contributed by atoms with Crippen LogP contribution in [0.4, 0.5) is 0 Å². The van der Waals surface area contributed by atoms with Gasteiger partial charge in [-0.3, -0.25) is 9.59 Å². The molecule has 0 spiro atoms. The van der Waals surface area contributed by atoms with E-state index in [-0.39, 0.29) is 17.5 Å². The van der Waals surface area contributed by atoms with Gasteiger partial charge in [-0.15, -0.1) is 11.3 Å². The molecule has 0 atom stereocenters. The van der Waals surface area contributed by atoms with Gasteiger partial charge in [0.1, 0.15) is 0 Å². The highest BCUT2D eigenvalue weighted by atomic mass is 32.1. The Hall–Kier alpha value is -2.15. The molecule has 6 nitrogen and oxygen atoms in total. The highest BCUT2D eigenvalue weighted by Gasteiger charge is 2.23. The summed E-state index contributed by atoms with van der Waals surface area (Å²) < 4.78 is 5.20. The van der Waals surface area contributed by atoms with Crippen LogP contribution in [0.1, 0.15) is 16.9 Å². The number of carbonyl (C=O) groups is 2. The number of aromatic nitrogens is 1. The van der Waals surface area contributed by atoms with Crippen molar-refractivity contribution in [3.05, 3.63) is 29.3 Å². The number of hydrogen-bond donors (Lipinski definition) is 1. The molecule has 7 heteroatoms. The summed E-state index contributed by atoms with van der Waals surface area (Å²) in [5.74, 6) is 0.361. The molecule has 1 aliphatic rings. The predicted molar refractivity (Wildman–Crippen MR) is 73.3 cm³/mol. The normalized spacial score (nSPS) is 15.8. The molecule has 2 aromatic heterocycles. The van der Waals surface area contributed by atoms with E-state index < -0.39 is 0 Å². The van der Waals surface area contributed by atoms with Crippen molar-refractivity contribution in [2.24, 2.45) is 0 Å². The minimum Gasteiger partial charge on any atom is -0.355 e. The van der Waals surface area contributed by atoms with Crippen LogP contribution in [0.15, 0.2) is 28.1 Å². The lowest BCUT2D eigenvalue weighted by Gasteiger charge is -2.17. The van der Waals surface area contributed by atoms with Gasteiger partial charge in [0.05, 0.1) is 4.88 Å². The fourth-order valence-corrected chi connectivity index (χ4v) is 2.72. The van der Waals surface area contributed by atoms with Crippen LogP contribution < -0.4 is 5.32 Å². The lowest BCUT2D eigenvalue weighted by atomic mass is 10.3. The Balaban J connectivity index is 1.75. The molecule has 2 aromatic rings. The minimum atomic E-state index is -0.201. The standard InChI is InChI=1S/C13H13N3O3S/c17-12-3-5-16(6-4-14-12)13(18)9-8-10(19-15-9)11-2-1-7-20-11/h1-2,7-8H,3-6H2,(H,14,17). The van der Waals surface area contributed by atoms with Gasteiger partial charge in [0.25, 0.3) is 5.91 Å². The van der Waals surface area contributed by atoms with Gasteiger partial charge in [0.2, 0.25) is 5.91 Å².